The number of benzene rings is 1. The number of methoxy groups -OCH3 is 1. The van der Waals surface area contributed by atoms with Crippen LogP contribution in [0.25, 0.3) is 0 Å². The van der Waals surface area contributed by atoms with Crippen LogP contribution in [0.5, 0.6) is 5.75 Å². The zero-order chi connectivity index (χ0) is 19.7. The van der Waals surface area contributed by atoms with Crippen molar-refractivity contribution >= 4 is 33.8 Å². The van der Waals surface area contributed by atoms with E-state index in [-0.39, 0.29) is 11.4 Å². The summed E-state index contributed by atoms with van der Waals surface area (Å²) in [6.07, 6.45) is 1.69. The molecular weight excluding hydrogens is 376 g/mol. The Morgan fingerprint density at radius 3 is 3.11 bits per heavy atom. The third-order valence-corrected chi connectivity index (χ3v) is 5.98. The SMILES string of the molecule is COCCCNc1ccc2c(c1)OCCN2c1nc2c(s1)C(=O)NC(C)(C)C2. The monoisotopic (exact) mass is 402 g/mol. The highest BCUT2D eigenvalue weighted by atomic mass is 32.1. The third-order valence-electron chi connectivity index (χ3n) is 4.86. The van der Waals surface area contributed by atoms with E-state index < -0.39 is 0 Å². The van der Waals surface area contributed by atoms with Gasteiger partial charge in [-0.3, -0.25) is 4.79 Å². The van der Waals surface area contributed by atoms with Gasteiger partial charge in [0.05, 0.1) is 17.9 Å². The van der Waals surface area contributed by atoms with E-state index >= 15 is 0 Å². The number of carbonyl (C=O) groups excluding carboxylic acids is 1. The fourth-order valence-electron chi connectivity index (χ4n) is 3.56. The topological polar surface area (TPSA) is 75.7 Å². The van der Waals surface area contributed by atoms with Crippen molar-refractivity contribution in [2.45, 2.75) is 32.2 Å². The molecule has 4 rings (SSSR count). The lowest BCUT2D eigenvalue weighted by molar-refractivity contribution is 0.0901. The Morgan fingerprint density at radius 2 is 2.29 bits per heavy atom. The van der Waals surface area contributed by atoms with E-state index in [2.05, 4.69) is 27.7 Å². The van der Waals surface area contributed by atoms with Crippen LogP contribution < -0.4 is 20.3 Å². The molecule has 8 heteroatoms. The maximum Gasteiger partial charge on any atom is 0.263 e. The first-order valence-corrected chi connectivity index (χ1v) is 10.4. The van der Waals surface area contributed by atoms with Crippen molar-refractivity contribution in [3.8, 4) is 5.75 Å². The minimum Gasteiger partial charge on any atom is -0.489 e. The minimum atomic E-state index is -0.262. The molecule has 0 bridgehead atoms. The summed E-state index contributed by atoms with van der Waals surface area (Å²) in [5, 5.41) is 7.30. The number of nitrogens with one attached hydrogen (secondary N) is 2. The molecule has 2 N–H and O–H groups in total. The van der Waals surface area contributed by atoms with E-state index in [1.165, 1.54) is 11.3 Å². The predicted octanol–water partition coefficient (Wildman–Crippen LogP) is 3.19. The number of nitrogens with zero attached hydrogens (tertiary/aromatic N) is 2. The Hall–Kier alpha value is -2.32. The van der Waals surface area contributed by atoms with Crippen molar-refractivity contribution in [2.75, 3.05) is 43.6 Å². The molecule has 150 valence electrons. The summed E-state index contributed by atoms with van der Waals surface area (Å²) < 4.78 is 11.0. The number of carbonyl (C=O) groups is 1. The molecule has 7 nitrogen and oxygen atoms in total. The normalized spacial score (nSPS) is 17.4. The number of hydrogen-bond acceptors (Lipinski definition) is 7. The second-order valence-electron chi connectivity index (χ2n) is 7.74. The zero-order valence-electron chi connectivity index (χ0n) is 16.5. The van der Waals surface area contributed by atoms with Gasteiger partial charge in [-0.05, 0) is 32.4 Å². The summed E-state index contributed by atoms with van der Waals surface area (Å²) in [6.45, 7) is 6.94. The molecule has 0 saturated carbocycles. The molecule has 0 atom stereocenters. The third kappa shape index (κ3) is 3.79. The molecule has 28 heavy (non-hydrogen) atoms. The smallest absolute Gasteiger partial charge is 0.263 e. The molecule has 1 aromatic carbocycles. The molecule has 3 heterocycles. The second-order valence-corrected chi connectivity index (χ2v) is 8.72. The molecule has 1 aromatic heterocycles. The van der Waals surface area contributed by atoms with Gasteiger partial charge in [0.1, 0.15) is 17.2 Å². The van der Waals surface area contributed by atoms with Crippen LogP contribution in [0, 0.1) is 0 Å². The molecule has 0 radical (unpaired) electrons. The van der Waals surface area contributed by atoms with Crippen molar-refractivity contribution in [3.63, 3.8) is 0 Å². The van der Waals surface area contributed by atoms with Gasteiger partial charge in [-0.1, -0.05) is 11.3 Å². The molecule has 2 aliphatic rings. The highest BCUT2D eigenvalue weighted by Gasteiger charge is 2.34. The van der Waals surface area contributed by atoms with Crippen molar-refractivity contribution < 1.29 is 14.3 Å². The first-order chi connectivity index (χ1) is 13.5. The number of hydrogen-bond donors (Lipinski definition) is 2. The second kappa shape index (κ2) is 7.60. The molecule has 2 aliphatic heterocycles. The maximum atomic E-state index is 12.4. The summed E-state index contributed by atoms with van der Waals surface area (Å²) in [4.78, 5) is 20.1. The first kappa shape index (κ1) is 19.0. The van der Waals surface area contributed by atoms with E-state index in [1.54, 1.807) is 7.11 Å². The zero-order valence-corrected chi connectivity index (χ0v) is 17.3. The number of ether oxygens (including phenoxy) is 2. The summed E-state index contributed by atoms with van der Waals surface area (Å²) in [5.74, 6) is 0.806. The van der Waals surface area contributed by atoms with Crippen molar-refractivity contribution in [1.29, 1.82) is 0 Å². The lowest BCUT2D eigenvalue weighted by Gasteiger charge is -2.29. The van der Waals surface area contributed by atoms with Crippen molar-refractivity contribution in [1.82, 2.24) is 10.3 Å². The molecule has 1 amide bonds. The summed E-state index contributed by atoms with van der Waals surface area (Å²) >= 11 is 1.46. The standard InChI is InChI=1S/C20H26N4O3S/c1-20(2)12-14-17(18(25)23-20)28-19(22-14)24-8-10-27-16-11-13(5-6-15(16)24)21-7-4-9-26-3/h5-6,11,21H,4,7-10,12H2,1-3H3,(H,23,25). The molecule has 0 aliphatic carbocycles. The van der Waals surface area contributed by atoms with Crippen LogP contribution in [0.2, 0.25) is 0 Å². The Bertz CT molecular complexity index is 880. The van der Waals surface area contributed by atoms with Crippen LogP contribution in [0.15, 0.2) is 18.2 Å². The highest BCUT2D eigenvalue weighted by molar-refractivity contribution is 7.17. The van der Waals surface area contributed by atoms with Gasteiger partial charge in [0, 0.05) is 44.0 Å². The summed E-state index contributed by atoms with van der Waals surface area (Å²) in [5.41, 5.74) is 2.63. The van der Waals surface area contributed by atoms with E-state index in [0.29, 0.717) is 13.2 Å². The van der Waals surface area contributed by atoms with E-state index in [1.807, 2.05) is 19.9 Å². The van der Waals surface area contributed by atoms with E-state index in [9.17, 15) is 4.79 Å². The Kier molecular flexibility index (Phi) is 5.16. The number of rotatable bonds is 6. The van der Waals surface area contributed by atoms with E-state index in [0.717, 1.165) is 58.8 Å². The largest absolute Gasteiger partial charge is 0.489 e. The molecular formula is C20H26N4O3S. The van der Waals surface area contributed by atoms with Crippen molar-refractivity contribution in [2.24, 2.45) is 0 Å². The summed E-state index contributed by atoms with van der Waals surface area (Å²) in [6, 6.07) is 6.13. The van der Waals surface area contributed by atoms with E-state index in [4.69, 9.17) is 14.5 Å². The average molecular weight is 403 g/mol. The number of thiazole rings is 1. The van der Waals surface area contributed by atoms with Crippen LogP contribution in [0.4, 0.5) is 16.5 Å². The van der Waals surface area contributed by atoms with Crippen LogP contribution in [-0.2, 0) is 11.2 Å². The molecule has 0 unspecified atom stereocenters. The highest BCUT2D eigenvalue weighted by Crippen LogP contribution is 2.41. The van der Waals surface area contributed by atoms with Gasteiger partial charge in [0.2, 0.25) is 0 Å². The van der Waals surface area contributed by atoms with Gasteiger partial charge in [-0.25, -0.2) is 4.98 Å². The van der Waals surface area contributed by atoms with Gasteiger partial charge < -0.3 is 25.0 Å². The van der Waals surface area contributed by atoms with Crippen LogP contribution in [0.1, 0.15) is 35.6 Å². The molecule has 0 fully saturated rings. The lowest BCUT2D eigenvalue weighted by Crippen LogP contribution is -2.48. The number of aromatic nitrogens is 1. The van der Waals surface area contributed by atoms with Crippen LogP contribution in [-0.4, -0.2) is 49.8 Å². The minimum absolute atomic E-state index is 0.0286. The average Bonchev–Trinajstić information content (AvgIpc) is 3.07. The van der Waals surface area contributed by atoms with Gasteiger partial charge in [0.25, 0.3) is 5.91 Å². The molecule has 2 aromatic rings. The molecule has 0 saturated heterocycles. The summed E-state index contributed by atoms with van der Waals surface area (Å²) in [7, 11) is 1.71. The Labute approximate surface area is 169 Å². The quantitative estimate of drug-likeness (QED) is 0.723. The number of anilines is 3. The van der Waals surface area contributed by atoms with Gasteiger partial charge in [-0.2, -0.15) is 0 Å². The predicted molar refractivity (Wildman–Crippen MR) is 111 cm³/mol. The number of fused-ring (bicyclic) bond motifs is 2. The van der Waals surface area contributed by atoms with Crippen molar-refractivity contribution in [3.05, 3.63) is 28.8 Å². The maximum absolute atomic E-state index is 12.4. The van der Waals surface area contributed by atoms with Gasteiger partial charge >= 0.3 is 0 Å². The van der Waals surface area contributed by atoms with Crippen LogP contribution in [0.3, 0.4) is 0 Å². The fourth-order valence-corrected chi connectivity index (χ4v) is 4.57. The van der Waals surface area contributed by atoms with Gasteiger partial charge in [0.15, 0.2) is 5.13 Å². The Balaban J connectivity index is 1.56. The first-order valence-electron chi connectivity index (χ1n) is 9.56. The fraction of sp³-hybridized carbons (Fsp3) is 0.500. The Morgan fingerprint density at radius 1 is 1.43 bits per heavy atom. The van der Waals surface area contributed by atoms with Gasteiger partial charge in [-0.15, -0.1) is 0 Å². The number of amides is 1. The lowest BCUT2D eigenvalue weighted by atomic mass is 9.94. The van der Waals surface area contributed by atoms with Crippen LogP contribution >= 0.6 is 11.3 Å². The molecule has 0 spiro atoms.